The Kier molecular flexibility index (Phi) is 9.41. The molecule has 39 heavy (non-hydrogen) atoms. The summed E-state index contributed by atoms with van der Waals surface area (Å²) in [5.41, 5.74) is 5.82. The van der Waals surface area contributed by atoms with E-state index in [-0.39, 0.29) is 28.2 Å². The lowest BCUT2D eigenvalue weighted by molar-refractivity contribution is 0.0846. The van der Waals surface area contributed by atoms with E-state index in [0.29, 0.717) is 28.7 Å². The monoisotopic (exact) mass is 539 g/mol. The van der Waals surface area contributed by atoms with Crippen LogP contribution in [0, 0.1) is 0 Å². The molecule has 0 spiro atoms. The molecule has 3 N–H and O–H groups in total. The fraction of sp³-hybridized carbons (Fsp3) is 0.222. The maximum atomic E-state index is 12.8. The average molecular weight is 540 g/mol. The van der Waals surface area contributed by atoms with Gasteiger partial charge in [0.15, 0.2) is 23.0 Å². The van der Waals surface area contributed by atoms with Gasteiger partial charge in [0, 0.05) is 22.4 Å². The quantitative estimate of drug-likeness (QED) is 0.331. The van der Waals surface area contributed by atoms with Crippen molar-refractivity contribution in [3.8, 4) is 34.5 Å². The summed E-state index contributed by atoms with van der Waals surface area (Å²) in [5.74, 6) is 0.349. The number of methoxy groups -OCH3 is 6. The lowest BCUT2D eigenvalue weighted by Crippen LogP contribution is -2.41. The molecule has 3 amide bonds. The zero-order chi connectivity index (χ0) is 28.5. The van der Waals surface area contributed by atoms with Gasteiger partial charge < -0.3 is 33.7 Å². The van der Waals surface area contributed by atoms with Crippen molar-refractivity contribution in [2.75, 3.05) is 48.0 Å². The van der Waals surface area contributed by atoms with Gasteiger partial charge in [0.2, 0.25) is 11.5 Å². The van der Waals surface area contributed by atoms with Crippen molar-refractivity contribution in [2.24, 2.45) is 0 Å². The molecule has 0 fully saturated rings. The van der Waals surface area contributed by atoms with E-state index in [2.05, 4.69) is 16.2 Å². The number of carbonyl (C=O) groups is 3. The van der Waals surface area contributed by atoms with Crippen molar-refractivity contribution in [1.29, 1.82) is 0 Å². The minimum absolute atomic E-state index is 0.176. The molecule has 0 radical (unpaired) electrons. The van der Waals surface area contributed by atoms with E-state index in [9.17, 15) is 14.4 Å². The summed E-state index contributed by atoms with van der Waals surface area (Å²) in [6, 6.07) is 12.0. The predicted octanol–water partition coefficient (Wildman–Crippen LogP) is 3.07. The molecule has 12 heteroatoms. The summed E-state index contributed by atoms with van der Waals surface area (Å²) in [5, 5.41) is 2.74. The van der Waals surface area contributed by atoms with Crippen LogP contribution in [0.4, 0.5) is 5.69 Å². The van der Waals surface area contributed by atoms with E-state index >= 15 is 0 Å². The van der Waals surface area contributed by atoms with Gasteiger partial charge in [0.05, 0.1) is 42.7 Å². The van der Waals surface area contributed by atoms with Crippen LogP contribution in [-0.2, 0) is 0 Å². The largest absolute Gasteiger partial charge is 0.493 e. The maximum Gasteiger partial charge on any atom is 0.269 e. The normalized spacial score (nSPS) is 10.1. The summed E-state index contributed by atoms with van der Waals surface area (Å²) in [6.07, 6.45) is 0. The molecule has 0 aliphatic rings. The zero-order valence-corrected chi connectivity index (χ0v) is 22.3. The molecule has 0 aliphatic heterocycles. The van der Waals surface area contributed by atoms with E-state index in [0.717, 1.165) is 0 Å². The summed E-state index contributed by atoms with van der Waals surface area (Å²) in [7, 11) is 8.68. The lowest BCUT2D eigenvalue weighted by atomic mass is 10.1. The lowest BCUT2D eigenvalue weighted by Gasteiger charge is -2.14. The van der Waals surface area contributed by atoms with Gasteiger partial charge in [-0.15, -0.1) is 0 Å². The van der Waals surface area contributed by atoms with Crippen LogP contribution in [-0.4, -0.2) is 60.4 Å². The molecular formula is C27H29N3O9. The second-order valence-electron chi connectivity index (χ2n) is 7.77. The topological polar surface area (TPSA) is 143 Å². The van der Waals surface area contributed by atoms with E-state index in [4.69, 9.17) is 28.4 Å². The maximum absolute atomic E-state index is 12.8. The molecule has 0 aliphatic carbocycles. The molecular weight excluding hydrogens is 510 g/mol. The molecule has 206 valence electrons. The summed E-state index contributed by atoms with van der Waals surface area (Å²) < 4.78 is 31.6. The Bertz CT molecular complexity index is 1310. The van der Waals surface area contributed by atoms with Crippen molar-refractivity contribution < 1.29 is 42.8 Å². The highest BCUT2D eigenvalue weighted by Gasteiger charge is 2.19. The number of ether oxygens (including phenoxy) is 6. The Hall–Kier alpha value is -5.13. The molecule has 0 atom stereocenters. The Labute approximate surface area is 225 Å². The second-order valence-corrected chi connectivity index (χ2v) is 7.77. The molecule has 0 saturated heterocycles. The fourth-order valence-corrected chi connectivity index (χ4v) is 3.59. The second kappa shape index (κ2) is 12.9. The van der Waals surface area contributed by atoms with Gasteiger partial charge in [-0.1, -0.05) is 0 Å². The van der Waals surface area contributed by atoms with Crippen molar-refractivity contribution in [3.63, 3.8) is 0 Å². The number of hydrogen-bond acceptors (Lipinski definition) is 9. The first-order valence-electron chi connectivity index (χ1n) is 11.4. The fourth-order valence-electron chi connectivity index (χ4n) is 3.59. The Balaban J connectivity index is 1.65. The summed E-state index contributed by atoms with van der Waals surface area (Å²) in [4.78, 5) is 38.0. The first-order chi connectivity index (χ1) is 18.8. The SMILES string of the molecule is COc1cc(C(=O)NNC(=O)c2ccc(NC(=O)c3cc(OC)c(OC)c(OC)c3)cc2)cc(OC)c1OC. The van der Waals surface area contributed by atoms with Crippen LogP contribution >= 0.6 is 0 Å². The molecule has 3 aromatic carbocycles. The van der Waals surface area contributed by atoms with Crippen molar-refractivity contribution >= 4 is 23.4 Å². The zero-order valence-electron chi connectivity index (χ0n) is 22.3. The molecule has 0 saturated carbocycles. The van der Waals surface area contributed by atoms with Crippen LogP contribution in [0.2, 0.25) is 0 Å². The minimum Gasteiger partial charge on any atom is -0.493 e. The first-order valence-corrected chi connectivity index (χ1v) is 11.4. The molecule has 3 rings (SSSR count). The van der Waals surface area contributed by atoms with Crippen LogP contribution in [0.5, 0.6) is 34.5 Å². The third kappa shape index (κ3) is 6.42. The van der Waals surface area contributed by atoms with Crippen LogP contribution < -0.4 is 44.6 Å². The number of hydrogen-bond donors (Lipinski definition) is 3. The predicted molar refractivity (Wildman–Crippen MR) is 142 cm³/mol. The Morgan fingerprint density at radius 3 is 1.21 bits per heavy atom. The van der Waals surface area contributed by atoms with E-state index in [1.54, 1.807) is 12.1 Å². The van der Waals surface area contributed by atoms with Crippen molar-refractivity contribution in [2.45, 2.75) is 0 Å². The van der Waals surface area contributed by atoms with Crippen LogP contribution in [0.15, 0.2) is 48.5 Å². The number of nitrogens with one attached hydrogen (secondary N) is 3. The molecule has 0 bridgehead atoms. The summed E-state index contributed by atoms with van der Waals surface area (Å²) >= 11 is 0. The van der Waals surface area contributed by atoms with Gasteiger partial charge in [0.1, 0.15) is 0 Å². The molecule has 12 nitrogen and oxygen atoms in total. The van der Waals surface area contributed by atoms with Crippen LogP contribution in [0.25, 0.3) is 0 Å². The third-order valence-corrected chi connectivity index (χ3v) is 5.55. The van der Waals surface area contributed by atoms with Crippen molar-refractivity contribution in [1.82, 2.24) is 10.9 Å². The van der Waals surface area contributed by atoms with Crippen LogP contribution in [0.1, 0.15) is 31.1 Å². The van der Waals surface area contributed by atoms with Gasteiger partial charge in [0.25, 0.3) is 17.7 Å². The molecule has 3 aromatic rings. The Morgan fingerprint density at radius 1 is 0.487 bits per heavy atom. The highest BCUT2D eigenvalue weighted by atomic mass is 16.5. The van der Waals surface area contributed by atoms with Crippen molar-refractivity contribution in [3.05, 3.63) is 65.2 Å². The van der Waals surface area contributed by atoms with E-state index < -0.39 is 17.7 Å². The van der Waals surface area contributed by atoms with Gasteiger partial charge in [-0.05, 0) is 48.5 Å². The van der Waals surface area contributed by atoms with Gasteiger partial charge in [-0.3, -0.25) is 25.2 Å². The average Bonchev–Trinajstić information content (AvgIpc) is 2.98. The number of rotatable bonds is 10. The molecule has 0 unspecified atom stereocenters. The van der Waals surface area contributed by atoms with Gasteiger partial charge >= 0.3 is 0 Å². The number of anilines is 1. The van der Waals surface area contributed by atoms with Gasteiger partial charge in [-0.2, -0.15) is 0 Å². The first kappa shape index (κ1) is 28.4. The molecule has 0 aromatic heterocycles. The molecule has 0 heterocycles. The number of hydrazine groups is 1. The summed E-state index contributed by atoms with van der Waals surface area (Å²) in [6.45, 7) is 0. The minimum atomic E-state index is -0.600. The highest BCUT2D eigenvalue weighted by molar-refractivity contribution is 6.05. The number of benzene rings is 3. The number of carbonyl (C=O) groups excluding carboxylic acids is 3. The third-order valence-electron chi connectivity index (χ3n) is 5.55. The van der Waals surface area contributed by atoms with E-state index in [1.165, 1.54) is 79.1 Å². The Morgan fingerprint density at radius 2 is 0.846 bits per heavy atom. The smallest absolute Gasteiger partial charge is 0.269 e. The van der Waals surface area contributed by atoms with Crippen LogP contribution in [0.3, 0.4) is 0 Å². The van der Waals surface area contributed by atoms with Gasteiger partial charge in [-0.25, -0.2) is 0 Å². The van der Waals surface area contributed by atoms with E-state index in [1.807, 2.05) is 0 Å². The highest BCUT2D eigenvalue weighted by Crippen LogP contribution is 2.39. The number of amides is 3. The standard InChI is InChI=1S/C27H29N3O9/c1-34-19-11-16(12-20(35-2)23(19)38-5)25(31)28-18-9-7-15(8-10-18)26(32)29-30-27(33)17-13-21(36-3)24(39-6)22(14-17)37-4/h7-14H,1-6H3,(H,28,31)(H,29,32)(H,30,33).